The van der Waals surface area contributed by atoms with Crippen LogP contribution in [0, 0.1) is 0 Å². The van der Waals surface area contributed by atoms with Crippen LogP contribution in [0.2, 0.25) is 10.0 Å². The molecule has 1 aromatic carbocycles. The molecule has 0 saturated heterocycles. The predicted molar refractivity (Wildman–Crippen MR) is 94.1 cm³/mol. The number of halogens is 2. The second-order valence-corrected chi connectivity index (χ2v) is 6.97. The van der Waals surface area contributed by atoms with E-state index >= 15 is 0 Å². The van der Waals surface area contributed by atoms with Gasteiger partial charge < -0.3 is 0 Å². The Morgan fingerprint density at radius 2 is 1.75 bits per heavy atom. The lowest BCUT2D eigenvalue weighted by atomic mass is 10.1. The monoisotopic (exact) mass is 365 g/mol. The highest BCUT2D eigenvalue weighted by Gasteiger charge is 2.29. The van der Waals surface area contributed by atoms with E-state index in [0.717, 1.165) is 5.01 Å². The number of hydrogen-bond acceptors (Lipinski definition) is 4. The Morgan fingerprint density at radius 1 is 1.04 bits per heavy atom. The van der Waals surface area contributed by atoms with E-state index in [2.05, 4.69) is 10.4 Å². The van der Waals surface area contributed by atoms with Gasteiger partial charge in [-0.15, -0.1) is 0 Å². The summed E-state index contributed by atoms with van der Waals surface area (Å²) < 4.78 is 0. The number of imide groups is 1. The van der Waals surface area contributed by atoms with E-state index in [0.29, 0.717) is 5.02 Å². The summed E-state index contributed by atoms with van der Waals surface area (Å²) in [6, 6.07) is 9.37. The van der Waals surface area contributed by atoms with Crippen LogP contribution in [0.4, 0.5) is 0 Å². The third-order valence-electron chi connectivity index (χ3n) is 2.90. The third kappa shape index (κ3) is 4.54. The van der Waals surface area contributed by atoms with Crippen molar-refractivity contribution in [2.45, 2.75) is 26.3 Å². The first-order chi connectivity index (χ1) is 11.2. The van der Waals surface area contributed by atoms with Crippen molar-refractivity contribution >= 4 is 35.0 Å². The highest BCUT2D eigenvalue weighted by molar-refractivity contribution is 6.42. The van der Waals surface area contributed by atoms with Gasteiger partial charge in [-0.2, -0.15) is 0 Å². The lowest BCUT2D eigenvalue weighted by Gasteiger charge is -2.30. The Kier molecular flexibility index (Phi) is 5.59. The van der Waals surface area contributed by atoms with Crippen LogP contribution in [-0.4, -0.2) is 27.3 Å². The standard InChI is InChI=1S/C17H17Cl2N3O2/c1-17(2,3)21-22(16(24)14-6-4-5-9-20-14)15(23)11-7-8-12(18)13(19)10-11/h4-10,21H,1-3H3. The molecule has 0 unspecified atom stereocenters. The van der Waals surface area contributed by atoms with E-state index in [1.807, 2.05) is 20.8 Å². The molecule has 5 nitrogen and oxygen atoms in total. The maximum Gasteiger partial charge on any atom is 0.293 e. The number of rotatable bonds is 3. The molecule has 126 valence electrons. The molecule has 0 aliphatic heterocycles. The molecule has 0 saturated carbocycles. The Labute approximate surface area is 150 Å². The van der Waals surface area contributed by atoms with Crippen molar-refractivity contribution in [2.75, 3.05) is 0 Å². The first-order valence-electron chi connectivity index (χ1n) is 7.22. The molecule has 0 spiro atoms. The number of nitrogens with zero attached hydrogens (tertiary/aromatic N) is 2. The molecule has 24 heavy (non-hydrogen) atoms. The van der Waals surface area contributed by atoms with Gasteiger partial charge in [0.1, 0.15) is 5.69 Å². The van der Waals surface area contributed by atoms with E-state index in [-0.39, 0.29) is 16.3 Å². The van der Waals surface area contributed by atoms with Crippen molar-refractivity contribution in [2.24, 2.45) is 0 Å². The Bertz CT molecular complexity index is 758. The van der Waals surface area contributed by atoms with Crippen molar-refractivity contribution in [1.29, 1.82) is 0 Å². The van der Waals surface area contributed by atoms with Crippen LogP contribution in [0.25, 0.3) is 0 Å². The van der Waals surface area contributed by atoms with Crippen LogP contribution in [0.5, 0.6) is 0 Å². The largest absolute Gasteiger partial charge is 0.293 e. The molecule has 7 heteroatoms. The van der Waals surface area contributed by atoms with Crippen LogP contribution >= 0.6 is 23.2 Å². The number of carbonyl (C=O) groups excluding carboxylic acids is 2. The number of amides is 2. The van der Waals surface area contributed by atoms with E-state index < -0.39 is 17.4 Å². The zero-order chi connectivity index (χ0) is 17.9. The number of carbonyl (C=O) groups is 2. The summed E-state index contributed by atoms with van der Waals surface area (Å²) in [7, 11) is 0. The van der Waals surface area contributed by atoms with Gasteiger partial charge in [0.05, 0.1) is 10.0 Å². The van der Waals surface area contributed by atoms with Crippen LogP contribution in [0.1, 0.15) is 41.6 Å². The molecule has 0 aliphatic rings. The molecule has 0 aliphatic carbocycles. The summed E-state index contributed by atoms with van der Waals surface area (Å²) in [4.78, 5) is 29.5. The van der Waals surface area contributed by atoms with E-state index in [9.17, 15) is 9.59 Å². The summed E-state index contributed by atoms with van der Waals surface area (Å²) in [6.07, 6.45) is 1.49. The minimum atomic E-state index is -0.554. The normalized spacial score (nSPS) is 11.2. The number of hydrogen-bond donors (Lipinski definition) is 1. The van der Waals surface area contributed by atoms with Crippen LogP contribution in [-0.2, 0) is 0 Å². The molecule has 2 amide bonds. The second kappa shape index (κ2) is 7.30. The molecule has 0 radical (unpaired) electrons. The number of nitrogens with one attached hydrogen (secondary N) is 1. The van der Waals surface area contributed by atoms with Gasteiger partial charge in [-0.3, -0.25) is 14.6 Å². The molecule has 0 bridgehead atoms. The van der Waals surface area contributed by atoms with Gasteiger partial charge in [0.2, 0.25) is 0 Å². The average Bonchev–Trinajstić information content (AvgIpc) is 2.54. The van der Waals surface area contributed by atoms with Gasteiger partial charge in [0.25, 0.3) is 11.8 Å². The Morgan fingerprint density at radius 3 is 2.29 bits per heavy atom. The number of pyridine rings is 1. The fourth-order valence-corrected chi connectivity index (χ4v) is 2.19. The lowest BCUT2D eigenvalue weighted by molar-refractivity contribution is 0.0448. The zero-order valence-electron chi connectivity index (χ0n) is 13.5. The minimum Gasteiger partial charge on any atom is -0.267 e. The van der Waals surface area contributed by atoms with Gasteiger partial charge in [-0.25, -0.2) is 10.4 Å². The van der Waals surface area contributed by atoms with Crippen LogP contribution in [0.15, 0.2) is 42.6 Å². The quantitative estimate of drug-likeness (QED) is 0.660. The first-order valence-corrected chi connectivity index (χ1v) is 7.97. The van der Waals surface area contributed by atoms with Gasteiger partial charge in [0, 0.05) is 17.3 Å². The maximum atomic E-state index is 12.8. The molecular formula is C17H17Cl2N3O2. The van der Waals surface area contributed by atoms with Crippen molar-refractivity contribution < 1.29 is 9.59 Å². The highest BCUT2D eigenvalue weighted by atomic mass is 35.5. The maximum absolute atomic E-state index is 12.8. The zero-order valence-corrected chi connectivity index (χ0v) is 15.0. The van der Waals surface area contributed by atoms with Crippen molar-refractivity contribution in [3.8, 4) is 0 Å². The molecule has 1 aromatic heterocycles. The second-order valence-electron chi connectivity index (χ2n) is 6.15. The summed E-state index contributed by atoms with van der Waals surface area (Å²) in [5, 5.41) is 1.52. The van der Waals surface area contributed by atoms with Gasteiger partial charge in [-0.1, -0.05) is 29.3 Å². The number of benzene rings is 1. The number of aromatic nitrogens is 1. The van der Waals surface area contributed by atoms with E-state index in [1.165, 1.54) is 24.4 Å². The highest BCUT2D eigenvalue weighted by Crippen LogP contribution is 2.23. The summed E-state index contributed by atoms with van der Waals surface area (Å²) in [5.41, 5.74) is 2.78. The molecular weight excluding hydrogens is 349 g/mol. The Hall–Kier alpha value is -1.95. The molecule has 1 heterocycles. The third-order valence-corrected chi connectivity index (χ3v) is 3.64. The molecule has 1 N–H and O–H groups in total. The van der Waals surface area contributed by atoms with E-state index in [1.54, 1.807) is 18.2 Å². The molecule has 2 aromatic rings. The van der Waals surface area contributed by atoms with Gasteiger partial charge in [-0.05, 0) is 51.1 Å². The summed E-state index contributed by atoms with van der Waals surface area (Å²) in [6.45, 7) is 5.52. The number of hydrazine groups is 1. The molecule has 0 atom stereocenters. The predicted octanol–water partition coefficient (Wildman–Crippen LogP) is 3.97. The molecule has 0 fully saturated rings. The van der Waals surface area contributed by atoms with Gasteiger partial charge >= 0.3 is 0 Å². The topological polar surface area (TPSA) is 62.3 Å². The summed E-state index contributed by atoms with van der Waals surface area (Å²) in [5.74, 6) is -1.10. The van der Waals surface area contributed by atoms with Crippen LogP contribution < -0.4 is 5.43 Å². The fourth-order valence-electron chi connectivity index (χ4n) is 1.89. The SMILES string of the molecule is CC(C)(C)NN(C(=O)c1ccc(Cl)c(Cl)c1)C(=O)c1ccccn1. The smallest absolute Gasteiger partial charge is 0.267 e. The minimum absolute atomic E-state index is 0.155. The van der Waals surface area contributed by atoms with Gasteiger partial charge in [0.15, 0.2) is 0 Å². The van der Waals surface area contributed by atoms with Crippen molar-refractivity contribution in [1.82, 2.24) is 15.4 Å². The van der Waals surface area contributed by atoms with Crippen LogP contribution in [0.3, 0.4) is 0 Å². The van der Waals surface area contributed by atoms with E-state index in [4.69, 9.17) is 23.2 Å². The van der Waals surface area contributed by atoms with Crippen molar-refractivity contribution in [3.05, 3.63) is 63.9 Å². The van der Waals surface area contributed by atoms with Crippen molar-refractivity contribution in [3.63, 3.8) is 0 Å². The fraction of sp³-hybridized carbons (Fsp3) is 0.235. The lowest BCUT2D eigenvalue weighted by Crippen LogP contribution is -2.55. The summed E-state index contributed by atoms with van der Waals surface area (Å²) >= 11 is 11.9. The average molecular weight is 366 g/mol. The molecule has 2 rings (SSSR count). The Balaban J connectivity index is 2.40. The first kappa shape index (κ1) is 18.4.